The number of Topliss-reactive ketones (excluding diaryl/α,β-unsaturated/α-hetero) is 1. The Hall–Kier alpha value is 0.520. The molecule has 0 aromatic heterocycles. The molecule has 10 heteroatoms. The molecule has 2 aromatic carbocycles. The van der Waals surface area contributed by atoms with Crippen LogP contribution in [-0.2, 0) is 4.79 Å². The van der Waals surface area contributed by atoms with E-state index in [-0.39, 0.29) is 76.2 Å². The van der Waals surface area contributed by atoms with Crippen molar-refractivity contribution in [3.63, 3.8) is 0 Å². The second-order valence-electron chi connectivity index (χ2n) is 5.75. The number of halogens is 4. The monoisotopic (exact) mass is 674 g/mol. The number of benzene rings is 2. The fourth-order valence-electron chi connectivity index (χ4n) is 2.77. The Bertz CT molecular complexity index is 1080. The summed E-state index contributed by atoms with van der Waals surface area (Å²) in [5.41, 5.74) is 2.10. The zero-order valence-corrected chi connectivity index (χ0v) is 26.1. The van der Waals surface area contributed by atoms with E-state index in [0.29, 0.717) is 40.2 Å². The second kappa shape index (κ2) is 12.1. The van der Waals surface area contributed by atoms with Crippen LogP contribution in [-0.4, -0.2) is 11.8 Å². The number of carbonyl (C=O) groups is 2. The molecule has 0 amide bonds. The molecule has 0 atom stereocenters. The van der Waals surface area contributed by atoms with Crippen molar-refractivity contribution < 1.29 is 78.9 Å². The minimum Gasteiger partial charge on any atom is -0.871 e. The first-order valence-corrected chi connectivity index (χ1v) is 10.9. The summed E-state index contributed by atoms with van der Waals surface area (Å²) < 4.78 is 1.27. The van der Waals surface area contributed by atoms with Gasteiger partial charge in [0.2, 0.25) is 5.78 Å². The first kappa shape index (κ1) is 28.6. The molecule has 0 fully saturated rings. The Morgan fingerprint density at radius 1 is 0.833 bits per heavy atom. The number of carboxylic acid groups (broad SMARTS) is 1. The molecule has 0 N–H and O–H groups in total. The van der Waals surface area contributed by atoms with Gasteiger partial charge in [0.1, 0.15) is 0 Å². The average Bonchev–Trinajstić information content (AvgIpc) is 2.64. The molecule has 4 nitrogen and oxygen atoms in total. The predicted octanol–water partition coefficient (Wildman–Crippen LogP) is -1.40. The quantitative estimate of drug-likeness (QED) is 0.375. The molecule has 1 aliphatic rings. The maximum Gasteiger partial charge on any atom is 1.00 e. The molecule has 142 valence electrons. The van der Waals surface area contributed by atoms with Crippen LogP contribution in [0.5, 0.6) is 5.75 Å². The van der Waals surface area contributed by atoms with Crippen molar-refractivity contribution in [1.82, 2.24) is 0 Å². The van der Waals surface area contributed by atoms with Crippen molar-refractivity contribution in [2.24, 2.45) is 0 Å². The van der Waals surface area contributed by atoms with Crippen LogP contribution in [0.25, 0.3) is 5.57 Å². The Morgan fingerprint density at radius 2 is 1.30 bits per heavy atom. The van der Waals surface area contributed by atoms with E-state index in [0.717, 1.165) is 0 Å². The molecule has 2 aromatic rings. The third kappa shape index (κ3) is 6.10. The van der Waals surface area contributed by atoms with Gasteiger partial charge in [-0.1, -0.05) is 61.9 Å². The normalized spacial score (nSPS) is 12.9. The van der Waals surface area contributed by atoms with Gasteiger partial charge in [-0.25, -0.2) is 0 Å². The molecular formula is C20H8Br4Na2O4. The molecule has 1 aliphatic carbocycles. The molecule has 0 saturated heterocycles. The van der Waals surface area contributed by atoms with Crippen molar-refractivity contribution in [1.29, 1.82) is 0 Å². The van der Waals surface area contributed by atoms with Gasteiger partial charge in [-0.05, 0) is 78.4 Å². The topological polar surface area (TPSA) is 80.3 Å². The molecule has 0 bridgehead atoms. The summed E-state index contributed by atoms with van der Waals surface area (Å²) >= 11 is 13.0. The Kier molecular flexibility index (Phi) is 11.5. The largest absolute Gasteiger partial charge is 1.00 e. The van der Waals surface area contributed by atoms with Gasteiger partial charge in [0.05, 0.1) is 14.9 Å². The van der Waals surface area contributed by atoms with Gasteiger partial charge in [-0.15, -0.1) is 0 Å². The van der Waals surface area contributed by atoms with Crippen molar-refractivity contribution in [3.8, 4) is 5.75 Å². The zero-order chi connectivity index (χ0) is 20.6. The minimum absolute atomic E-state index is 0. The van der Waals surface area contributed by atoms with Crippen molar-refractivity contribution in [2.75, 3.05) is 0 Å². The Morgan fingerprint density at radius 3 is 1.77 bits per heavy atom. The van der Waals surface area contributed by atoms with Crippen LogP contribution in [0.4, 0.5) is 0 Å². The van der Waals surface area contributed by atoms with E-state index in [2.05, 4.69) is 63.7 Å². The molecular weight excluding hydrogens is 670 g/mol. The SMILES string of the molecule is O=C1C(Br)=CC(=C(c2cc(Br)c([O-])c(Br)c2)c2ccccc2C(=O)[O-])C=C1Br.[Na+].[Na+]. The average molecular weight is 678 g/mol. The predicted molar refractivity (Wildman–Crippen MR) is 117 cm³/mol. The summed E-state index contributed by atoms with van der Waals surface area (Å²) in [6.07, 6.45) is 3.23. The number of hydrogen-bond acceptors (Lipinski definition) is 4. The first-order valence-electron chi connectivity index (χ1n) is 7.71. The van der Waals surface area contributed by atoms with Crippen LogP contribution in [0.1, 0.15) is 21.5 Å². The van der Waals surface area contributed by atoms with Gasteiger partial charge in [0, 0.05) is 14.5 Å². The summed E-state index contributed by atoms with van der Waals surface area (Å²) in [6, 6.07) is 9.64. The van der Waals surface area contributed by atoms with Crippen LogP contribution in [0.3, 0.4) is 0 Å². The van der Waals surface area contributed by atoms with Gasteiger partial charge >= 0.3 is 59.1 Å². The number of aromatic carboxylic acids is 1. The molecule has 30 heavy (non-hydrogen) atoms. The Balaban J connectivity index is 0.00000225. The number of carboxylic acids is 1. The first-order chi connectivity index (χ1) is 13.2. The van der Waals surface area contributed by atoms with Gasteiger partial charge in [-0.2, -0.15) is 0 Å². The van der Waals surface area contributed by atoms with Crippen molar-refractivity contribution in [3.05, 3.63) is 88.7 Å². The summed E-state index contributed by atoms with van der Waals surface area (Å²) in [6.45, 7) is 0. The standard InChI is InChI=1S/C20H10Br4O4.2Na/c21-13-5-9(6-14(22)18(13)25)17(10-7-15(23)19(26)16(24)8-10)11-3-1-2-4-12(11)20(27)28;;/h1-8,25H,(H,27,28);;/q;2*+1/p-2. The fourth-order valence-corrected chi connectivity index (χ4v) is 5.14. The Labute approximate surface area is 251 Å². The zero-order valence-electron chi connectivity index (χ0n) is 15.8. The smallest absolute Gasteiger partial charge is 0.871 e. The molecule has 0 spiro atoms. The molecule has 0 unspecified atom stereocenters. The number of ketones is 1. The van der Waals surface area contributed by atoms with Gasteiger partial charge < -0.3 is 15.0 Å². The van der Waals surface area contributed by atoms with Crippen LogP contribution >= 0.6 is 63.7 Å². The summed E-state index contributed by atoms with van der Waals surface area (Å²) in [7, 11) is 0. The van der Waals surface area contributed by atoms with E-state index in [9.17, 15) is 19.8 Å². The summed E-state index contributed by atoms with van der Waals surface area (Å²) in [4.78, 5) is 23.8. The van der Waals surface area contributed by atoms with Crippen LogP contribution in [0, 0.1) is 0 Å². The minimum atomic E-state index is -1.33. The van der Waals surface area contributed by atoms with E-state index in [4.69, 9.17) is 0 Å². The van der Waals surface area contributed by atoms with Crippen molar-refractivity contribution >= 4 is 81.0 Å². The molecule has 3 rings (SSSR count). The van der Waals surface area contributed by atoms with E-state index in [1.807, 2.05) is 0 Å². The molecule has 0 aliphatic heterocycles. The van der Waals surface area contributed by atoms with Gasteiger partial charge in [-0.3, -0.25) is 4.79 Å². The van der Waals surface area contributed by atoms with Crippen molar-refractivity contribution in [2.45, 2.75) is 0 Å². The van der Waals surface area contributed by atoms with Gasteiger partial charge in [0.15, 0.2) is 0 Å². The third-order valence-electron chi connectivity index (χ3n) is 3.99. The second-order valence-corrected chi connectivity index (χ2v) is 9.16. The maximum absolute atomic E-state index is 12.1. The third-order valence-corrected chi connectivity index (χ3v) is 6.35. The van der Waals surface area contributed by atoms with Crippen LogP contribution in [0.2, 0.25) is 0 Å². The van der Waals surface area contributed by atoms with E-state index in [1.165, 1.54) is 6.07 Å². The summed E-state index contributed by atoms with van der Waals surface area (Å²) in [5, 5.41) is 23.8. The molecule has 0 radical (unpaired) electrons. The maximum atomic E-state index is 12.1. The van der Waals surface area contributed by atoms with E-state index < -0.39 is 5.97 Å². The van der Waals surface area contributed by atoms with Crippen LogP contribution in [0.15, 0.2) is 72.0 Å². The number of rotatable bonds is 3. The van der Waals surface area contributed by atoms with E-state index >= 15 is 0 Å². The fraction of sp³-hybridized carbons (Fsp3) is 0. The summed E-state index contributed by atoms with van der Waals surface area (Å²) in [5.74, 6) is -1.78. The van der Waals surface area contributed by atoms with E-state index in [1.54, 1.807) is 42.5 Å². The number of hydrogen-bond donors (Lipinski definition) is 0. The van der Waals surface area contributed by atoms with Gasteiger partial charge in [0.25, 0.3) is 0 Å². The van der Waals surface area contributed by atoms with Crippen LogP contribution < -0.4 is 69.3 Å². The number of carbonyl (C=O) groups excluding carboxylic acids is 2. The molecule has 0 saturated carbocycles. The number of allylic oxidation sites excluding steroid dienone is 5. The molecule has 0 heterocycles.